The van der Waals surface area contributed by atoms with Crippen LogP contribution in [0.5, 0.6) is 0 Å². The van der Waals surface area contributed by atoms with Gasteiger partial charge in [-0.1, -0.05) is 48.0 Å². The van der Waals surface area contributed by atoms with Crippen molar-refractivity contribution in [1.82, 2.24) is 4.90 Å². The number of halogens is 2. The van der Waals surface area contributed by atoms with Crippen molar-refractivity contribution in [2.45, 2.75) is 18.9 Å². The minimum atomic E-state index is -0.0687. The number of nitrogens with zero attached hydrogens (tertiary/aromatic N) is 1. The summed E-state index contributed by atoms with van der Waals surface area (Å²) in [6, 6.07) is 15.4. The fourth-order valence-electron chi connectivity index (χ4n) is 3.04. The molecular formula is C22H26Cl2N2O2. The predicted octanol–water partition coefficient (Wildman–Crippen LogP) is 5.17. The first-order valence-electron chi connectivity index (χ1n) is 9.17. The number of benzene rings is 2. The average molecular weight is 421 g/mol. The van der Waals surface area contributed by atoms with Gasteiger partial charge >= 0.3 is 0 Å². The number of rotatable bonds is 6. The fraction of sp³-hybridized carbons (Fsp3) is 0.318. The molecule has 0 aromatic heterocycles. The highest BCUT2D eigenvalue weighted by Gasteiger charge is 2.23. The number of carbonyl (C=O) groups is 1. The number of alkyl halides is 1. The smallest absolute Gasteiger partial charge is 0.210 e. The number of carbonyl (C=O) groups excluding carboxylic acids is 1. The quantitative estimate of drug-likeness (QED) is 0.303. The number of amides is 1. The largest absolute Gasteiger partial charge is 0.398 e. The van der Waals surface area contributed by atoms with E-state index in [9.17, 15) is 4.79 Å². The summed E-state index contributed by atoms with van der Waals surface area (Å²) in [5, 5.41) is 0.666. The lowest BCUT2D eigenvalue weighted by atomic mass is 9.92. The van der Waals surface area contributed by atoms with Crippen molar-refractivity contribution in [1.29, 1.82) is 0 Å². The SMILES string of the molecule is COCCCCl.Nc1ccc(Cl)cc1C1=CC(c2ccccc2)N(C=O)CC1. The molecule has 1 amide bonds. The second-order valence-corrected chi connectivity index (χ2v) is 7.22. The van der Waals surface area contributed by atoms with E-state index in [0.29, 0.717) is 23.1 Å². The van der Waals surface area contributed by atoms with Crippen molar-refractivity contribution in [3.63, 3.8) is 0 Å². The molecule has 0 spiro atoms. The number of nitrogens with two attached hydrogens (primary N) is 1. The summed E-state index contributed by atoms with van der Waals surface area (Å²) in [5.74, 6) is 0.702. The normalized spacial score (nSPS) is 16.0. The van der Waals surface area contributed by atoms with Crippen LogP contribution in [0.25, 0.3) is 5.57 Å². The van der Waals surface area contributed by atoms with E-state index < -0.39 is 0 Å². The van der Waals surface area contributed by atoms with Gasteiger partial charge in [0.05, 0.1) is 6.04 Å². The first kappa shape index (κ1) is 22.3. The second-order valence-electron chi connectivity index (χ2n) is 6.41. The Morgan fingerprint density at radius 3 is 2.61 bits per heavy atom. The van der Waals surface area contributed by atoms with Gasteiger partial charge in [-0.25, -0.2) is 0 Å². The predicted molar refractivity (Wildman–Crippen MR) is 118 cm³/mol. The molecule has 1 atom stereocenters. The van der Waals surface area contributed by atoms with E-state index in [1.165, 1.54) is 0 Å². The molecule has 0 saturated carbocycles. The minimum Gasteiger partial charge on any atom is -0.398 e. The molecule has 2 N–H and O–H groups in total. The Morgan fingerprint density at radius 2 is 2.00 bits per heavy atom. The number of nitrogen functional groups attached to an aromatic ring is 1. The second kappa shape index (κ2) is 11.7. The van der Waals surface area contributed by atoms with Crippen molar-refractivity contribution in [3.05, 3.63) is 70.8 Å². The van der Waals surface area contributed by atoms with E-state index in [2.05, 4.69) is 6.08 Å². The first-order chi connectivity index (χ1) is 13.6. The lowest BCUT2D eigenvalue weighted by molar-refractivity contribution is -0.119. The molecule has 0 radical (unpaired) electrons. The van der Waals surface area contributed by atoms with Gasteiger partial charge in [-0.2, -0.15) is 0 Å². The van der Waals surface area contributed by atoms with Crippen LogP contribution in [0.1, 0.15) is 30.0 Å². The minimum absolute atomic E-state index is 0.0687. The molecule has 1 unspecified atom stereocenters. The summed E-state index contributed by atoms with van der Waals surface area (Å²) in [4.78, 5) is 13.2. The van der Waals surface area contributed by atoms with Crippen molar-refractivity contribution < 1.29 is 9.53 Å². The van der Waals surface area contributed by atoms with Gasteiger partial charge in [0.1, 0.15) is 0 Å². The van der Waals surface area contributed by atoms with Crippen molar-refractivity contribution in [2.75, 3.05) is 31.9 Å². The van der Waals surface area contributed by atoms with E-state index in [-0.39, 0.29) is 6.04 Å². The number of ether oxygens (including phenoxy) is 1. The number of hydrogen-bond donors (Lipinski definition) is 1. The van der Waals surface area contributed by atoms with E-state index >= 15 is 0 Å². The molecule has 0 bridgehead atoms. The molecule has 6 heteroatoms. The maximum Gasteiger partial charge on any atom is 0.210 e. The number of methoxy groups -OCH3 is 1. The zero-order chi connectivity index (χ0) is 20.4. The Labute approximate surface area is 176 Å². The van der Waals surface area contributed by atoms with Crippen molar-refractivity contribution in [3.8, 4) is 0 Å². The van der Waals surface area contributed by atoms with Gasteiger partial charge in [0.25, 0.3) is 0 Å². The third kappa shape index (κ3) is 6.26. The van der Waals surface area contributed by atoms with Gasteiger partial charge in [-0.15, -0.1) is 11.6 Å². The Balaban J connectivity index is 0.000000409. The van der Waals surface area contributed by atoms with Crippen LogP contribution in [-0.2, 0) is 9.53 Å². The monoisotopic (exact) mass is 420 g/mol. The molecule has 1 heterocycles. The van der Waals surface area contributed by atoms with Crippen LogP contribution < -0.4 is 5.73 Å². The Bertz CT molecular complexity index is 777. The van der Waals surface area contributed by atoms with Crippen LogP contribution in [0.3, 0.4) is 0 Å². The Kier molecular flexibility index (Phi) is 9.35. The summed E-state index contributed by atoms with van der Waals surface area (Å²) >= 11 is 11.4. The van der Waals surface area contributed by atoms with Crippen LogP contribution in [0.2, 0.25) is 5.02 Å². The Morgan fingerprint density at radius 1 is 1.25 bits per heavy atom. The summed E-state index contributed by atoms with van der Waals surface area (Å²) in [7, 11) is 1.67. The van der Waals surface area contributed by atoms with Crippen LogP contribution in [0.4, 0.5) is 5.69 Å². The molecule has 4 nitrogen and oxygen atoms in total. The molecule has 0 aliphatic carbocycles. The molecular weight excluding hydrogens is 395 g/mol. The molecule has 2 aromatic rings. The van der Waals surface area contributed by atoms with E-state index in [0.717, 1.165) is 42.6 Å². The third-order valence-corrected chi connectivity index (χ3v) is 4.98. The lowest BCUT2D eigenvalue weighted by Crippen LogP contribution is -2.30. The molecule has 0 fully saturated rings. The maximum absolute atomic E-state index is 11.4. The highest BCUT2D eigenvalue weighted by atomic mass is 35.5. The van der Waals surface area contributed by atoms with Gasteiger partial charge in [0, 0.05) is 42.4 Å². The van der Waals surface area contributed by atoms with Crippen LogP contribution in [0.15, 0.2) is 54.6 Å². The number of hydrogen-bond acceptors (Lipinski definition) is 3. The van der Waals surface area contributed by atoms with Crippen LogP contribution >= 0.6 is 23.2 Å². The fourth-order valence-corrected chi connectivity index (χ4v) is 3.33. The maximum atomic E-state index is 11.4. The average Bonchev–Trinajstić information content (AvgIpc) is 2.74. The lowest BCUT2D eigenvalue weighted by Gasteiger charge is -2.32. The van der Waals surface area contributed by atoms with Gasteiger partial charge in [0.15, 0.2) is 0 Å². The molecule has 2 aromatic carbocycles. The van der Waals surface area contributed by atoms with Gasteiger partial charge in [-0.05, 0) is 42.2 Å². The molecule has 28 heavy (non-hydrogen) atoms. The molecule has 3 rings (SSSR count). The summed E-state index contributed by atoms with van der Waals surface area (Å²) in [5.41, 5.74) is 9.98. The van der Waals surface area contributed by atoms with E-state index in [1.807, 2.05) is 42.5 Å². The van der Waals surface area contributed by atoms with Crippen LogP contribution in [-0.4, -0.2) is 37.5 Å². The molecule has 0 saturated heterocycles. The number of anilines is 1. The summed E-state index contributed by atoms with van der Waals surface area (Å²) in [6.45, 7) is 1.45. The summed E-state index contributed by atoms with van der Waals surface area (Å²) < 4.78 is 4.70. The Hall–Kier alpha value is -2.01. The van der Waals surface area contributed by atoms with Gasteiger partial charge < -0.3 is 15.4 Å². The molecule has 1 aliphatic rings. The standard InChI is InChI=1S/C18H17ClN2O.C4H9ClO/c19-15-6-7-17(20)16(11-15)14-8-9-21(12-22)18(10-14)13-4-2-1-3-5-13;1-6-4-2-3-5/h1-7,10-12,18H,8-9,20H2;2-4H2,1H3. The zero-order valence-electron chi connectivity index (χ0n) is 16.0. The van der Waals surface area contributed by atoms with E-state index in [4.69, 9.17) is 33.7 Å². The third-order valence-electron chi connectivity index (χ3n) is 4.48. The topological polar surface area (TPSA) is 55.6 Å². The highest BCUT2D eigenvalue weighted by Crippen LogP contribution is 2.35. The highest BCUT2D eigenvalue weighted by molar-refractivity contribution is 6.30. The van der Waals surface area contributed by atoms with Gasteiger partial charge in [-0.3, -0.25) is 4.79 Å². The summed E-state index contributed by atoms with van der Waals surface area (Å²) in [6.07, 6.45) is 4.74. The van der Waals surface area contributed by atoms with Crippen LogP contribution in [0, 0.1) is 0 Å². The van der Waals surface area contributed by atoms with Crippen molar-refractivity contribution >= 4 is 40.9 Å². The first-order valence-corrected chi connectivity index (χ1v) is 10.1. The molecule has 150 valence electrons. The zero-order valence-corrected chi connectivity index (χ0v) is 17.5. The van der Waals surface area contributed by atoms with Gasteiger partial charge in [0.2, 0.25) is 6.41 Å². The van der Waals surface area contributed by atoms with Crippen molar-refractivity contribution in [2.24, 2.45) is 0 Å². The van der Waals surface area contributed by atoms with E-state index in [1.54, 1.807) is 18.1 Å². The molecule has 1 aliphatic heterocycles.